The van der Waals surface area contributed by atoms with Crippen molar-refractivity contribution in [1.29, 1.82) is 5.39 Å². The van der Waals surface area contributed by atoms with E-state index in [9.17, 15) is 13.2 Å². The van der Waals surface area contributed by atoms with Crippen molar-refractivity contribution < 1.29 is 17.9 Å². The number of nitrogens with zero attached hydrogens (tertiary/aromatic N) is 2. The van der Waals surface area contributed by atoms with Crippen LogP contribution in [0.5, 0.6) is 5.75 Å². The third kappa shape index (κ3) is 3.17. The summed E-state index contributed by atoms with van der Waals surface area (Å²) < 4.78 is 40.0. The lowest BCUT2D eigenvalue weighted by Crippen LogP contribution is -2.19. The van der Waals surface area contributed by atoms with Crippen molar-refractivity contribution in [2.75, 3.05) is 12.3 Å². The molecule has 1 rings (SSSR count). The van der Waals surface area contributed by atoms with Gasteiger partial charge in [0.2, 0.25) is 5.39 Å². The Morgan fingerprint density at radius 1 is 1.44 bits per heavy atom. The predicted molar refractivity (Wildman–Crippen MR) is 52.2 cm³/mol. The number of nitrogen functional groups attached to an aromatic ring is 1. The number of hydrogen-bond donors (Lipinski definition) is 1. The van der Waals surface area contributed by atoms with Crippen LogP contribution < -0.4 is 10.5 Å². The Kier molecular flexibility index (Phi) is 3.44. The van der Waals surface area contributed by atoms with Crippen molar-refractivity contribution in [1.82, 2.24) is 0 Å². The van der Waals surface area contributed by atoms with E-state index in [1.165, 1.54) is 0 Å². The standard InChI is InChI=1S/C8H6ClF3N3O/c9-7-5(13)1-4(2-6(7)15-14)16-3-8(10,11)12/h1-2H,3,13H2/q+1. The highest BCUT2D eigenvalue weighted by molar-refractivity contribution is 6.35. The fraction of sp³-hybridized carbons (Fsp3) is 0.250. The van der Waals surface area contributed by atoms with Crippen LogP contribution in [0.3, 0.4) is 0 Å². The van der Waals surface area contributed by atoms with Crippen molar-refractivity contribution in [3.8, 4) is 5.75 Å². The molecule has 0 bridgehead atoms. The molecule has 4 nitrogen and oxygen atoms in total. The number of halogens is 4. The Morgan fingerprint density at radius 3 is 2.56 bits per heavy atom. The highest BCUT2D eigenvalue weighted by Crippen LogP contribution is 2.35. The van der Waals surface area contributed by atoms with Crippen molar-refractivity contribution in [3.63, 3.8) is 0 Å². The van der Waals surface area contributed by atoms with Crippen LogP contribution in [-0.2, 0) is 0 Å². The van der Waals surface area contributed by atoms with Crippen LogP contribution in [0.2, 0.25) is 5.02 Å². The van der Waals surface area contributed by atoms with E-state index in [4.69, 9.17) is 22.7 Å². The van der Waals surface area contributed by atoms with E-state index < -0.39 is 12.8 Å². The number of diazo groups is 1. The average molecular weight is 253 g/mol. The van der Waals surface area contributed by atoms with Gasteiger partial charge in [0.25, 0.3) is 0 Å². The third-order valence-electron chi connectivity index (χ3n) is 1.57. The molecule has 0 heterocycles. The number of rotatable bonds is 2. The summed E-state index contributed by atoms with van der Waals surface area (Å²) in [6.07, 6.45) is -4.45. The summed E-state index contributed by atoms with van der Waals surface area (Å²) in [4.78, 5) is 2.76. The molecule has 0 fully saturated rings. The number of anilines is 1. The molecule has 86 valence electrons. The zero-order chi connectivity index (χ0) is 12.3. The van der Waals surface area contributed by atoms with Crippen LogP contribution in [0.1, 0.15) is 0 Å². The van der Waals surface area contributed by atoms with Gasteiger partial charge in [-0.2, -0.15) is 13.2 Å². The Morgan fingerprint density at radius 2 is 2.06 bits per heavy atom. The summed E-state index contributed by atoms with van der Waals surface area (Å²) in [5.74, 6) is -0.174. The van der Waals surface area contributed by atoms with E-state index in [0.717, 1.165) is 12.1 Å². The summed E-state index contributed by atoms with van der Waals surface area (Å²) in [7, 11) is 0. The van der Waals surface area contributed by atoms with Crippen LogP contribution in [0.4, 0.5) is 24.5 Å². The molecule has 0 aliphatic rings. The van der Waals surface area contributed by atoms with Gasteiger partial charge in [-0.05, 0) is 0 Å². The molecule has 1 aromatic carbocycles. The van der Waals surface area contributed by atoms with Crippen molar-refractivity contribution in [2.45, 2.75) is 6.18 Å². The molecule has 0 aliphatic heterocycles. The van der Waals surface area contributed by atoms with E-state index in [1.807, 2.05) is 0 Å². The molecule has 0 aliphatic carbocycles. The lowest BCUT2D eigenvalue weighted by Gasteiger charge is -2.08. The van der Waals surface area contributed by atoms with Gasteiger partial charge in [-0.1, -0.05) is 11.6 Å². The SMILES string of the molecule is N#[N+]c1cc(OCC(F)(F)F)cc(N)c1Cl. The second-order valence-corrected chi connectivity index (χ2v) is 3.23. The quantitative estimate of drug-likeness (QED) is 0.648. The summed E-state index contributed by atoms with van der Waals surface area (Å²) in [6, 6.07) is 2.16. The molecular formula is C8H6ClF3N3O+. The largest absolute Gasteiger partial charge is 0.484 e. The van der Waals surface area contributed by atoms with Crippen molar-refractivity contribution in [2.24, 2.45) is 0 Å². The van der Waals surface area contributed by atoms with Gasteiger partial charge >= 0.3 is 11.9 Å². The van der Waals surface area contributed by atoms with Gasteiger partial charge < -0.3 is 10.5 Å². The zero-order valence-corrected chi connectivity index (χ0v) is 8.51. The Balaban J connectivity index is 2.92. The summed E-state index contributed by atoms with van der Waals surface area (Å²) in [5, 5.41) is 8.45. The lowest BCUT2D eigenvalue weighted by molar-refractivity contribution is -0.153. The number of benzene rings is 1. The maximum absolute atomic E-state index is 11.8. The molecule has 0 amide bonds. The fourth-order valence-electron chi connectivity index (χ4n) is 0.926. The summed E-state index contributed by atoms with van der Waals surface area (Å²) in [5.41, 5.74) is 5.18. The van der Waals surface area contributed by atoms with Gasteiger partial charge in [0.1, 0.15) is 5.75 Å². The fourth-order valence-corrected chi connectivity index (χ4v) is 1.07. The van der Waals surface area contributed by atoms with Crippen LogP contribution in [0, 0.1) is 5.39 Å². The second kappa shape index (κ2) is 4.45. The van der Waals surface area contributed by atoms with Crippen LogP contribution in [0.15, 0.2) is 12.1 Å². The molecule has 0 atom stereocenters. The van der Waals surface area contributed by atoms with Gasteiger partial charge in [-0.25, -0.2) is 0 Å². The molecule has 16 heavy (non-hydrogen) atoms. The molecule has 8 heteroatoms. The minimum absolute atomic E-state index is 0.0332. The average Bonchev–Trinajstić information content (AvgIpc) is 2.18. The first-order valence-electron chi connectivity index (χ1n) is 3.97. The molecule has 0 saturated carbocycles. The number of hydrogen-bond acceptors (Lipinski definition) is 3. The van der Waals surface area contributed by atoms with Gasteiger partial charge in [0.15, 0.2) is 16.6 Å². The maximum Gasteiger partial charge on any atom is 0.422 e. The topological polar surface area (TPSA) is 63.4 Å². The molecule has 0 spiro atoms. The van der Waals surface area contributed by atoms with Crippen LogP contribution in [0.25, 0.3) is 4.98 Å². The first kappa shape index (κ1) is 12.4. The normalized spacial score (nSPS) is 10.9. The molecule has 0 saturated heterocycles. The highest BCUT2D eigenvalue weighted by atomic mass is 35.5. The lowest BCUT2D eigenvalue weighted by atomic mass is 10.2. The highest BCUT2D eigenvalue weighted by Gasteiger charge is 2.29. The van der Waals surface area contributed by atoms with Crippen molar-refractivity contribution in [3.05, 3.63) is 22.1 Å². The Labute approximate surface area is 93.4 Å². The van der Waals surface area contributed by atoms with Crippen LogP contribution >= 0.6 is 11.6 Å². The van der Waals surface area contributed by atoms with E-state index in [0.29, 0.717) is 0 Å². The molecule has 0 aromatic heterocycles. The monoisotopic (exact) mass is 252 g/mol. The second-order valence-electron chi connectivity index (χ2n) is 2.85. The first-order chi connectivity index (χ1) is 7.33. The number of ether oxygens (including phenoxy) is 1. The maximum atomic E-state index is 11.8. The summed E-state index contributed by atoms with van der Waals surface area (Å²) in [6.45, 7) is -1.46. The van der Waals surface area contributed by atoms with Gasteiger partial charge in [0, 0.05) is 6.07 Å². The van der Waals surface area contributed by atoms with E-state index in [1.54, 1.807) is 0 Å². The Hall–Kier alpha value is -1.68. The third-order valence-corrected chi connectivity index (χ3v) is 1.98. The molecule has 1 aromatic rings. The smallest absolute Gasteiger partial charge is 0.422 e. The van der Waals surface area contributed by atoms with E-state index in [2.05, 4.69) is 9.71 Å². The summed E-state index contributed by atoms with van der Waals surface area (Å²) >= 11 is 5.60. The van der Waals surface area contributed by atoms with Gasteiger partial charge in [0.05, 0.1) is 11.8 Å². The molecular weight excluding hydrogens is 247 g/mol. The van der Waals surface area contributed by atoms with E-state index in [-0.39, 0.29) is 22.1 Å². The minimum Gasteiger partial charge on any atom is -0.484 e. The first-order valence-corrected chi connectivity index (χ1v) is 4.35. The number of alkyl halides is 3. The van der Waals surface area contributed by atoms with Gasteiger partial charge in [-0.15, -0.1) is 0 Å². The van der Waals surface area contributed by atoms with E-state index >= 15 is 0 Å². The molecule has 0 radical (unpaired) electrons. The Bertz CT molecular complexity index is 441. The predicted octanol–water partition coefficient (Wildman–Crippen LogP) is 3.35. The zero-order valence-electron chi connectivity index (χ0n) is 7.75. The number of nitrogens with two attached hydrogens (primary N) is 1. The van der Waals surface area contributed by atoms with Gasteiger partial charge in [-0.3, -0.25) is 0 Å². The van der Waals surface area contributed by atoms with Crippen LogP contribution in [-0.4, -0.2) is 12.8 Å². The molecule has 0 unspecified atom stereocenters. The minimum atomic E-state index is -4.45. The van der Waals surface area contributed by atoms with Crippen molar-refractivity contribution >= 4 is 23.0 Å². The molecule has 2 N–H and O–H groups in total.